The van der Waals surface area contributed by atoms with E-state index in [2.05, 4.69) is 4.74 Å². The number of nitrogens with zero attached hydrogens (tertiary/aromatic N) is 1. The Morgan fingerprint density at radius 1 is 1.24 bits per heavy atom. The fraction of sp³-hybridized carbons (Fsp3) is 0.125. The van der Waals surface area contributed by atoms with E-state index in [9.17, 15) is 19.7 Å². The van der Waals surface area contributed by atoms with Crippen LogP contribution >= 0.6 is 11.3 Å². The molecule has 0 unspecified atom stereocenters. The third-order valence-corrected chi connectivity index (χ3v) is 4.46. The van der Waals surface area contributed by atoms with Crippen LogP contribution in [-0.2, 0) is 4.74 Å². The fourth-order valence-corrected chi connectivity index (χ4v) is 3.44. The maximum atomic E-state index is 12.8. The number of aliphatic hydroxyl groups excluding tert-OH is 1. The molecule has 0 atom stereocenters. The predicted octanol–water partition coefficient (Wildman–Crippen LogP) is 2.83. The summed E-state index contributed by atoms with van der Waals surface area (Å²) in [6, 6.07) is 9.08. The van der Waals surface area contributed by atoms with Crippen molar-refractivity contribution in [1.29, 1.82) is 0 Å². The van der Waals surface area contributed by atoms with Gasteiger partial charge in [0.25, 0.3) is 5.69 Å². The summed E-state index contributed by atoms with van der Waals surface area (Å²) < 4.78 is 10.6. The lowest BCUT2D eigenvalue weighted by molar-refractivity contribution is -0.384. The molecule has 25 heavy (non-hydrogen) atoms. The molecule has 0 amide bonds. The lowest BCUT2D eigenvalue weighted by atomic mass is 10.1. The first-order valence-electron chi connectivity index (χ1n) is 7.10. The Morgan fingerprint density at radius 3 is 2.72 bits per heavy atom. The zero-order valence-electron chi connectivity index (χ0n) is 12.6. The van der Waals surface area contributed by atoms with Gasteiger partial charge in [-0.2, -0.15) is 0 Å². The molecule has 3 aromatic rings. The fourth-order valence-electron chi connectivity index (χ4n) is 2.31. The molecule has 1 aromatic heterocycles. The van der Waals surface area contributed by atoms with Gasteiger partial charge in [-0.25, -0.2) is 4.79 Å². The van der Waals surface area contributed by atoms with E-state index in [1.165, 1.54) is 17.4 Å². The Balaban J connectivity index is 2.25. The van der Waals surface area contributed by atoms with Gasteiger partial charge < -0.3 is 14.6 Å². The Labute approximate surface area is 144 Å². The number of fused-ring (bicyclic) bond motifs is 2. The van der Waals surface area contributed by atoms with Crippen molar-refractivity contribution in [2.24, 2.45) is 0 Å². The Hall–Kier alpha value is -3.04. The lowest BCUT2D eigenvalue weighted by Crippen LogP contribution is -2.15. The molecule has 0 fully saturated rings. The first kappa shape index (κ1) is 16.8. The number of aliphatic hydroxyl groups is 1. The minimum atomic E-state index is -1.16. The maximum Gasteiger partial charge on any atom is 0.513 e. The van der Waals surface area contributed by atoms with Crippen LogP contribution in [0.15, 0.2) is 41.2 Å². The third-order valence-electron chi connectivity index (χ3n) is 3.34. The van der Waals surface area contributed by atoms with Gasteiger partial charge in [0.05, 0.1) is 23.0 Å². The molecular weight excluding hydrogens is 350 g/mol. The summed E-state index contributed by atoms with van der Waals surface area (Å²) >= 11 is 1.18. The summed E-state index contributed by atoms with van der Waals surface area (Å²) in [5, 5.41) is 20.3. The number of nitro groups is 1. The van der Waals surface area contributed by atoms with Crippen molar-refractivity contribution < 1.29 is 24.3 Å². The first-order chi connectivity index (χ1) is 12.0. The number of nitro benzene ring substituents is 1. The highest BCUT2D eigenvalue weighted by Crippen LogP contribution is 2.34. The second-order valence-corrected chi connectivity index (χ2v) is 6.01. The number of carbonyl (C=O) groups excluding carboxylic acids is 1. The van der Waals surface area contributed by atoms with Crippen LogP contribution in [0, 0.1) is 10.1 Å². The summed E-state index contributed by atoms with van der Waals surface area (Å²) in [5.74, 6) is -0.251. The molecule has 0 aliphatic rings. The van der Waals surface area contributed by atoms with Gasteiger partial charge >= 0.3 is 6.16 Å². The van der Waals surface area contributed by atoms with Gasteiger partial charge in [0, 0.05) is 20.9 Å². The largest absolute Gasteiger partial charge is 0.513 e. The van der Waals surface area contributed by atoms with E-state index in [0.717, 1.165) is 6.07 Å². The van der Waals surface area contributed by atoms with Crippen LogP contribution in [0.1, 0.15) is 0 Å². The molecule has 0 radical (unpaired) electrons. The number of ether oxygens (including phenoxy) is 2. The predicted molar refractivity (Wildman–Crippen MR) is 91.3 cm³/mol. The quantitative estimate of drug-likeness (QED) is 0.250. The molecule has 0 bridgehead atoms. The average Bonchev–Trinajstić information content (AvgIpc) is 2.59. The summed E-state index contributed by atoms with van der Waals surface area (Å²) in [7, 11) is 0. The second kappa shape index (κ2) is 6.83. The zero-order valence-corrected chi connectivity index (χ0v) is 13.4. The molecule has 128 valence electrons. The normalized spacial score (nSPS) is 10.8. The lowest BCUT2D eigenvalue weighted by Gasteiger charge is -2.08. The van der Waals surface area contributed by atoms with Gasteiger partial charge in [0.15, 0.2) is 11.2 Å². The molecule has 2 aromatic carbocycles. The van der Waals surface area contributed by atoms with E-state index in [-0.39, 0.29) is 23.4 Å². The molecule has 0 saturated carbocycles. The van der Waals surface area contributed by atoms with Crippen molar-refractivity contribution in [2.45, 2.75) is 0 Å². The molecule has 0 saturated heterocycles. The summed E-state index contributed by atoms with van der Waals surface area (Å²) in [5.41, 5.74) is -0.715. The number of rotatable bonds is 4. The number of non-ortho nitro benzene ring substituents is 1. The molecule has 0 aliphatic heterocycles. The molecular formula is C16H11NO7S. The molecule has 1 heterocycles. The van der Waals surface area contributed by atoms with Crippen molar-refractivity contribution >= 4 is 43.4 Å². The van der Waals surface area contributed by atoms with Crippen LogP contribution in [0.3, 0.4) is 0 Å². The molecule has 1 N–H and O–H groups in total. The number of benzene rings is 2. The van der Waals surface area contributed by atoms with Crippen molar-refractivity contribution in [3.8, 4) is 5.75 Å². The summed E-state index contributed by atoms with van der Waals surface area (Å²) in [6.45, 7) is -0.689. The van der Waals surface area contributed by atoms with Crippen LogP contribution < -0.4 is 10.2 Å². The number of hydrogen-bond acceptors (Lipinski definition) is 8. The minimum Gasteiger partial charge on any atom is -0.432 e. The third kappa shape index (κ3) is 3.28. The summed E-state index contributed by atoms with van der Waals surface area (Å²) in [6.07, 6.45) is -1.16. The van der Waals surface area contributed by atoms with Crippen molar-refractivity contribution in [1.82, 2.24) is 0 Å². The van der Waals surface area contributed by atoms with Crippen LogP contribution in [0.25, 0.3) is 20.2 Å². The highest BCUT2D eigenvalue weighted by molar-refractivity contribution is 7.24. The Kier molecular flexibility index (Phi) is 4.59. The van der Waals surface area contributed by atoms with Crippen LogP contribution in [0.5, 0.6) is 5.75 Å². The van der Waals surface area contributed by atoms with Crippen LogP contribution in [-0.4, -0.2) is 29.4 Å². The van der Waals surface area contributed by atoms with Gasteiger partial charge in [-0.3, -0.25) is 14.9 Å². The smallest absolute Gasteiger partial charge is 0.432 e. The van der Waals surface area contributed by atoms with E-state index >= 15 is 0 Å². The van der Waals surface area contributed by atoms with E-state index in [0.29, 0.717) is 14.8 Å². The monoisotopic (exact) mass is 361 g/mol. The molecule has 8 nitrogen and oxygen atoms in total. The number of carbonyl (C=O) groups is 1. The van der Waals surface area contributed by atoms with Crippen molar-refractivity contribution in [3.05, 3.63) is 56.7 Å². The zero-order chi connectivity index (χ0) is 18.0. The average molecular weight is 361 g/mol. The van der Waals surface area contributed by atoms with Gasteiger partial charge in [-0.15, -0.1) is 11.3 Å². The van der Waals surface area contributed by atoms with Crippen molar-refractivity contribution in [3.63, 3.8) is 0 Å². The van der Waals surface area contributed by atoms with Gasteiger partial charge in [0.2, 0.25) is 0 Å². The Morgan fingerprint density at radius 2 is 2.00 bits per heavy atom. The summed E-state index contributed by atoms with van der Waals surface area (Å²) in [4.78, 5) is 34.9. The minimum absolute atomic E-state index is 0.0650. The molecule has 3 rings (SSSR count). The van der Waals surface area contributed by atoms with Crippen molar-refractivity contribution in [2.75, 3.05) is 13.2 Å². The standard InChI is InChI=1S/C16H11NO7S/c18-5-6-23-16(20)24-11-7-9(17(21)22)8-13-14(11)15(19)10-3-1-2-4-12(10)25-13/h1-4,7-8,18H,5-6H2. The first-order valence-corrected chi connectivity index (χ1v) is 7.92. The van der Waals surface area contributed by atoms with Gasteiger partial charge in [0.1, 0.15) is 6.61 Å². The van der Waals surface area contributed by atoms with Gasteiger partial charge in [-0.1, -0.05) is 12.1 Å². The van der Waals surface area contributed by atoms with Gasteiger partial charge in [-0.05, 0) is 12.1 Å². The van der Waals surface area contributed by atoms with E-state index in [1.807, 2.05) is 0 Å². The SMILES string of the molecule is O=C(OCCO)Oc1cc([N+](=O)[O-])cc2sc3ccccc3c(=O)c12. The Bertz CT molecular complexity index is 1040. The molecule has 0 spiro atoms. The van der Waals surface area contributed by atoms with E-state index in [4.69, 9.17) is 9.84 Å². The van der Waals surface area contributed by atoms with E-state index < -0.39 is 23.1 Å². The van der Waals surface area contributed by atoms with E-state index in [1.54, 1.807) is 24.3 Å². The second-order valence-electron chi connectivity index (χ2n) is 4.93. The number of hydrogen-bond donors (Lipinski definition) is 1. The van der Waals surface area contributed by atoms with Crippen LogP contribution in [0.4, 0.5) is 10.5 Å². The highest BCUT2D eigenvalue weighted by Gasteiger charge is 2.20. The maximum absolute atomic E-state index is 12.8. The molecule has 9 heteroatoms. The highest BCUT2D eigenvalue weighted by atomic mass is 32.1. The molecule has 0 aliphatic carbocycles. The topological polar surface area (TPSA) is 116 Å². The van der Waals surface area contributed by atoms with Crippen LogP contribution in [0.2, 0.25) is 0 Å².